The van der Waals surface area contributed by atoms with Crippen LogP contribution >= 0.6 is 0 Å². The van der Waals surface area contributed by atoms with Gasteiger partial charge in [-0.2, -0.15) is 0 Å². The minimum atomic E-state index is 0.556. The van der Waals surface area contributed by atoms with Gasteiger partial charge >= 0.3 is 0 Å². The van der Waals surface area contributed by atoms with Crippen LogP contribution < -0.4 is 4.74 Å². The number of benzene rings is 2. The van der Waals surface area contributed by atoms with Crippen molar-refractivity contribution in [3.8, 4) is 5.75 Å². The molecule has 1 heterocycles. The molecule has 0 N–H and O–H groups in total. The van der Waals surface area contributed by atoms with Crippen molar-refractivity contribution in [2.24, 2.45) is 0 Å². The highest BCUT2D eigenvalue weighted by atomic mass is 16.5. The molecule has 1 aromatic heterocycles. The van der Waals surface area contributed by atoms with E-state index in [0.29, 0.717) is 6.61 Å². The van der Waals surface area contributed by atoms with Gasteiger partial charge in [0.2, 0.25) is 0 Å². The molecule has 2 nitrogen and oxygen atoms in total. The molecule has 3 aromatic rings. The third-order valence-electron chi connectivity index (χ3n) is 5.28. The fourth-order valence-corrected chi connectivity index (χ4v) is 3.60. The number of unbranched alkanes of at least 4 members (excludes halogenated alkanes) is 7. The number of ether oxygens (including phenoxy) is 1. The van der Waals surface area contributed by atoms with Crippen LogP contribution in [0.4, 0.5) is 0 Å². The monoisotopic (exact) mass is 387 g/mol. The van der Waals surface area contributed by atoms with Gasteiger partial charge < -0.3 is 4.74 Å². The normalized spacial score (nSPS) is 11.3. The summed E-state index contributed by atoms with van der Waals surface area (Å²) in [5, 5.41) is 1.15. The summed E-state index contributed by atoms with van der Waals surface area (Å²) in [5.41, 5.74) is 3.31. The molecule has 0 aliphatic rings. The van der Waals surface area contributed by atoms with Crippen LogP contribution in [0.1, 0.15) is 69.4 Å². The first-order valence-corrected chi connectivity index (χ1v) is 11.1. The zero-order valence-electron chi connectivity index (χ0n) is 17.6. The van der Waals surface area contributed by atoms with Crippen molar-refractivity contribution >= 4 is 17.0 Å². The second-order valence-corrected chi connectivity index (χ2v) is 7.64. The maximum atomic E-state index is 6.07. The topological polar surface area (TPSA) is 22.1 Å². The average molecular weight is 388 g/mol. The predicted octanol–water partition coefficient (Wildman–Crippen LogP) is 7.97. The minimum absolute atomic E-state index is 0.556. The number of aromatic nitrogens is 1. The van der Waals surface area contributed by atoms with E-state index in [0.717, 1.165) is 28.6 Å². The highest BCUT2D eigenvalue weighted by molar-refractivity contribution is 5.91. The molecule has 2 heteroatoms. The Morgan fingerprint density at radius 1 is 0.828 bits per heavy atom. The highest BCUT2D eigenvalue weighted by Crippen LogP contribution is 2.28. The number of pyridine rings is 1. The zero-order valence-corrected chi connectivity index (χ0v) is 17.6. The lowest BCUT2D eigenvalue weighted by molar-refractivity contribution is 0.309. The van der Waals surface area contributed by atoms with E-state index < -0.39 is 0 Å². The SMILES string of the molecule is CCCCCCCCC/C=C/c1ccc(OCc2ccccc2)c2ncccc12. The van der Waals surface area contributed by atoms with E-state index in [-0.39, 0.29) is 0 Å². The van der Waals surface area contributed by atoms with E-state index in [1.54, 1.807) is 0 Å². The van der Waals surface area contributed by atoms with E-state index in [9.17, 15) is 0 Å². The number of fused-ring (bicyclic) bond motifs is 1. The van der Waals surface area contributed by atoms with Crippen molar-refractivity contribution in [3.05, 3.63) is 78.0 Å². The Morgan fingerprint density at radius 3 is 2.45 bits per heavy atom. The van der Waals surface area contributed by atoms with Crippen molar-refractivity contribution in [1.29, 1.82) is 0 Å². The molecule has 0 atom stereocenters. The van der Waals surface area contributed by atoms with Gasteiger partial charge in [0.05, 0.1) is 0 Å². The molecule has 0 bridgehead atoms. The second-order valence-electron chi connectivity index (χ2n) is 7.64. The quantitative estimate of drug-likeness (QED) is 0.294. The molecular formula is C27H33NO. The number of rotatable bonds is 12. The molecule has 0 saturated carbocycles. The van der Waals surface area contributed by atoms with Gasteiger partial charge in [0.1, 0.15) is 17.9 Å². The molecule has 0 aliphatic heterocycles. The Hall–Kier alpha value is -2.61. The summed E-state index contributed by atoms with van der Waals surface area (Å²) in [6.07, 6.45) is 17.0. The summed E-state index contributed by atoms with van der Waals surface area (Å²) >= 11 is 0. The first-order valence-electron chi connectivity index (χ1n) is 11.1. The van der Waals surface area contributed by atoms with Gasteiger partial charge in [-0.25, -0.2) is 0 Å². The average Bonchev–Trinajstić information content (AvgIpc) is 2.78. The molecule has 0 fully saturated rings. The summed E-state index contributed by atoms with van der Waals surface area (Å²) in [5.74, 6) is 0.841. The summed E-state index contributed by atoms with van der Waals surface area (Å²) in [6, 6.07) is 18.6. The lowest BCUT2D eigenvalue weighted by Gasteiger charge is -2.10. The molecule has 0 amide bonds. The minimum Gasteiger partial charge on any atom is -0.487 e. The number of nitrogens with zero attached hydrogens (tertiary/aromatic N) is 1. The Bertz CT molecular complexity index is 885. The van der Waals surface area contributed by atoms with Gasteiger partial charge in [-0.15, -0.1) is 0 Å². The molecule has 152 valence electrons. The van der Waals surface area contributed by atoms with Gasteiger partial charge in [0, 0.05) is 11.6 Å². The summed E-state index contributed by atoms with van der Waals surface area (Å²) in [7, 11) is 0. The first kappa shape index (κ1) is 21.1. The van der Waals surface area contributed by atoms with Crippen LogP contribution in [0.3, 0.4) is 0 Å². The molecule has 0 aliphatic carbocycles. The van der Waals surface area contributed by atoms with Gasteiger partial charge in [0.15, 0.2) is 0 Å². The fourth-order valence-electron chi connectivity index (χ4n) is 3.60. The van der Waals surface area contributed by atoms with Gasteiger partial charge in [-0.3, -0.25) is 4.98 Å². The van der Waals surface area contributed by atoms with Crippen LogP contribution in [-0.2, 0) is 6.61 Å². The zero-order chi connectivity index (χ0) is 20.2. The lowest BCUT2D eigenvalue weighted by atomic mass is 10.1. The number of hydrogen-bond acceptors (Lipinski definition) is 2. The molecular weight excluding hydrogens is 354 g/mol. The first-order chi connectivity index (χ1) is 14.4. The van der Waals surface area contributed by atoms with E-state index in [2.05, 4.69) is 48.3 Å². The van der Waals surface area contributed by atoms with E-state index in [1.807, 2.05) is 36.5 Å². The van der Waals surface area contributed by atoms with Crippen molar-refractivity contribution in [2.45, 2.75) is 64.9 Å². The molecule has 3 rings (SSSR count). The van der Waals surface area contributed by atoms with Crippen LogP contribution in [-0.4, -0.2) is 4.98 Å². The molecule has 0 saturated heterocycles. The number of allylic oxidation sites excluding steroid dienone is 1. The van der Waals surface area contributed by atoms with E-state index in [4.69, 9.17) is 4.74 Å². The van der Waals surface area contributed by atoms with Crippen LogP contribution in [0.25, 0.3) is 17.0 Å². The van der Waals surface area contributed by atoms with Gasteiger partial charge in [-0.05, 0) is 36.1 Å². The van der Waals surface area contributed by atoms with Crippen molar-refractivity contribution < 1.29 is 4.74 Å². The highest BCUT2D eigenvalue weighted by Gasteiger charge is 2.07. The van der Waals surface area contributed by atoms with E-state index in [1.165, 1.54) is 50.5 Å². The summed E-state index contributed by atoms with van der Waals surface area (Å²) in [4.78, 5) is 4.59. The van der Waals surface area contributed by atoms with Crippen LogP contribution in [0.5, 0.6) is 5.75 Å². The summed E-state index contributed by atoms with van der Waals surface area (Å²) in [6.45, 7) is 2.83. The van der Waals surface area contributed by atoms with Crippen LogP contribution in [0.15, 0.2) is 66.9 Å². The summed E-state index contributed by atoms with van der Waals surface area (Å²) < 4.78 is 6.07. The maximum absolute atomic E-state index is 6.07. The largest absolute Gasteiger partial charge is 0.487 e. The number of hydrogen-bond donors (Lipinski definition) is 0. The lowest BCUT2D eigenvalue weighted by Crippen LogP contribution is -1.97. The standard InChI is InChI=1S/C27H33NO/c1-2-3-4-5-6-7-8-9-13-17-24-19-20-26(27-25(24)18-14-21-28-27)29-22-23-15-11-10-12-16-23/h10-21H,2-9,22H2,1H3/b17-13+. The van der Waals surface area contributed by atoms with Crippen molar-refractivity contribution in [3.63, 3.8) is 0 Å². The molecule has 0 spiro atoms. The Morgan fingerprint density at radius 2 is 1.62 bits per heavy atom. The molecule has 0 unspecified atom stereocenters. The van der Waals surface area contributed by atoms with Crippen molar-refractivity contribution in [2.75, 3.05) is 0 Å². The Kier molecular flexibility index (Phi) is 8.78. The molecule has 29 heavy (non-hydrogen) atoms. The molecule has 0 radical (unpaired) electrons. The third-order valence-corrected chi connectivity index (χ3v) is 5.28. The Balaban J connectivity index is 1.57. The van der Waals surface area contributed by atoms with E-state index >= 15 is 0 Å². The Labute approximate surface area is 175 Å². The van der Waals surface area contributed by atoms with Gasteiger partial charge in [0.25, 0.3) is 0 Å². The smallest absolute Gasteiger partial charge is 0.146 e. The third kappa shape index (κ3) is 6.74. The molecule has 2 aromatic carbocycles. The maximum Gasteiger partial charge on any atom is 0.146 e. The van der Waals surface area contributed by atoms with Crippen LogP contribution in [0.2, 0.25) is 0 Å². The van der Waals surface area contributed by atoms with Crippen molar-refractivity contribution in [1.82, 2.24) is 4.98 Å². The predicted molar refractivity (Wildman–Crippen MR) is 124 cm³/mol. The van der Waals surface area contributed by atoms with Crippen LogP contribution in [0, 0.1) is 0 Å². The fraction of sp³-hybridized carbons (Fsp3) is 0.370. The van der Waals surface area contributed by atoms with Gasteiger partial charge in [-0.1, -0.05) is 100 Å². The second kappa shape index (κ2) is 12.1.